The lowest BCUT2D eigenvalue weighted by molar-refractivity contribution is 0.170. The Morgan fingerprint density at radius 1 is 1.10 bits per heavy atom. The third kappa shape index (κ3) is 2.67. The predicted octanol–water partition coefficient (Wildman–Crippen LogP) is 3.38. The summed E-state index contributed by atoms with van der Waals surface area (Å²) in [4.78, 5) is 0. The molecule has 0 bridgehead atoms. The summed E-state index contributed by atoms with van der Waals surface area (Å²) in [6.07, 6.45) is 0. The van der Waals surface area contributed by atoms with Crippen LogP contribution in [0.4, 0.5) is 5.69 Å². The van der Waals surface area contributed by atoms with Gasteiger partial charge in [0, 0.05) is 22.2 Å². The Morgan fingerprint density at radius 3 is 2.55 bits per heavy atom. The topological polar surface area (TPSA) is 53.7 Å². The summed E-state index contributed by atoms with van der Waals surface area (Å²) in [5, 5.41) is 0. The molecule has 0 atom stereocenters. The minimum Gasteiger partial charge on any atom is -0.487 e. The quantitative estimate of drug-likeness (QED) is 0.873. The van der Waals surface area contributed by atoms with E-state index in [1.807, 2.05) is 24.3 Å². The van der Waals surface area contributed by atoms with Gasteiger partial charge in [-0.15, -0.1) is 0 Å². The lowest BCUT2D eigenvalue weighted by Crippen LogP contribution is -2.15. The zero-order valence-electron chi connectivity index (χ0n) is 10.8. The van der Waals surface area contributed by atoms with Crippen molar-refractivity contribution in [2.75, 3.05) is 18.9 Å². The van der Waals surface area contributed by atoms with Crippen LogP contribution >= 0.6 is 15.9 Å². The minimum absolute atomic E-state index is 0.436. The molecule has 104 valence electrons. The molecule has 0 fully saturated rings. The molecule has 0 saturated heterocycles. The molecule has 2 N–H and O–H groups in total. The first-order valence-corrected chi connectivity index (χ1v) is 7.08. The van der Waals surface area contributed by atoms with Crippen LogP contribution in [0, 0.1) is 0 Å². The number of rotatable bonds is 3. The Hall–Kier alpha value is -1.88. The highest BCUT2D eigenvalue weighted by Crippen LogP contribution is 2.38. The van der Waals surface area contributed by atoms with E-state index >= 15 is 0 Å². The highest BCUT2D eigenvalue weighted by molar-refractivity contribution is 9.10. The van der Waals surface area contributed by atoms with Crippen LogP contribution in [0.3, 0.4) is 0 Å². The summed E-state index contributed by atoms with van der Waals surface area (Å²) < 4.78 is 17.8. The minimum atomic E-state index is 0.436. The van der Waals surface area contributed by atoms with Crippen LogP contribution < -0.4 is 19.9 Å². The van der Waals surface area contributed by atoms with E-state index in [4.69, 9.17) is 19.9 Å². The first-order chi connectivity index (χ1) is 9.74. The lowest BCUT2D eigenvalue weighted by Gasteiger charge is -2.20. The number of halogens is 1. The van der Waals surface area contributed by atoms with Gasteiger partial charge in [-0.05, 0) is 6.07 Å². The Labute approximate surface area is 125 Å². The summed E-state index contributed by atoms with van der Waals surface area (Å²) in [6.45, 7) is 1.52. The van der Waals surface area contributed by atoms with Crippen molar-refractivity contribution in [1.82, 2.24) is 0 Å². The Balaban J connectivity index is 1.79. The molecule has 0 amide bonds. The molecule has 2 aromatic carbocycles. The van der Waals surface area contributed by atoms with E-state index in [0.717, 1.165) is 10.0 Å². The number of ether oxygens (including phenoxy) is 3. The molecule has 0 radical (unpaired) electrons. The fraction of sp³-hybridized carbons (Fsp3) is 0.200. The summed E-state index contributed by atoms with van der Waals surface area (Å²) in [5.41, 5.74) is 7.57. The van der Waals surface area contributed by atoms with Gasteiger partial charge in [0.1, 0.15) is 25.6 Å². The van der Waals surface area contributed by atoms with Gasteiger partial charge in [-0.2, -0.15) is 0 Å². The number of nitrogens with two attached hydrogens (primary N) is 1. The average Bonchev–Trinajstić information content (AvgIpc) is 2.46. The predicted molar refractivity (Wildman–Crippen MR) is 80.3 cm³/mol. The van der Waals surface area contributed by atoms with Crippen LogP contribution in [0.15, 0.2) is 40.9 Å². The molecule has 3 rings (SSSR count). The van der Waals surface area contributed by atoms with Crippen molar-refractivity contribution >= 4 is 21.6 Å². The molecule has 0 saturated carbocycles. The van der Waals surface area contributed by atoms with Crippen LogP contribution in [0.5, 0.6) is 17.2 Å². The largest absolute Gasteiger partial charge is 0.487 e. The Morgan fingerprint density at radius 2 is 1.80 bits per heavy atom. The van der Waals surface area contributed by atoms with Crippen LogP contribution in [0.2, 0.25) is 0 Å². The molecule has 1 aliphatic heterocycles. The van der Waals surface area contributed by atoms with E-state index < -0.39 is 0 Å². The summed E-state index contributed by atoms with van der Waals surface area (Å²) in [6, 6.07) is 11.4. The zero-order chi connectivity index (χ0) is 13.9. The van der Waals surface area contributed by atoms with E-state index in [0.29, 0.717) is 42.8 Å². The van der Waals surface area contributed by atoms with Crippen LogP contribution in [0.25, 0.3) is 0 Å². The third-order valence-corrected chi connectivity index (χ3v) is 3.79. The van der Waals surface area contributed by atoms with Gasteiger partial charge >= 0.3 is 0 Å². The van der Waals surface area contributed by atoms with Crippen molar-refractivity contribution in [2.45, 2.75) is 6.61 Å². The number of anilines is 1. The molecule has 0 aliphatic carbocycles. The summed E-state index contributed by atoms with van der Waals surface area (Å²) in [7, 11) is 0. The molecule has 0 aromatic heterocycles. The van der Waals surface area contributed by atoms with Crippen LogP contribution in [0.1, 0.15) is 5.56 Å². The van der Waals surface area contributed by atoms with E-state index in [-0.39, 0.29) is 0 Å². The van der Waals surface area contributed by atoms with E-state index in [9.17, 15) is 0 Å². The first kappa shape index (κ1) is 13.1. The number of benzene rings is 2. The maximum atomic E-state index is 5.97. The second kappa shape index (κ2) is 5.63. The first-order valence-electron chi connectivity index (χ1n) is 6.29. The average molecular weight is 336 g/mol. The Bertz CT molecular complexity index is 631. The Kier molecular flexibility index (Phi) is 3.69. The molecule has 1 aliphatic rings. The van der Waals surface area contributed by atoms with E-state index in [2.05, 4.69) is 15.9 Å². The van der Waals surface area contributed by atoms with Gasteiger partial charge in [-0.1, -0.05) is 34.1 Å². The van der Waals surface area contributed by atoms with Crippen molar-refractivity contribution in [1.29, 1.82) is 0 Å². The van der Waals surface area contributed by atoms with Crippen molar-refractivity contribution in [3.8, 4) is 17.2 Å². The second-order valence-electron chi connectivity index (χ2n) is 4.41. The number of hydrogen-bond acceptors (Lipinski definition) is 4. The smallest absolute Gasteiger partial charge is 0.165 e. The molecule has 1 heterocycles. The second-order valence-corrected chi connectivity index (χ2v) is 5.27. The SMILES string of the molecule is Nc1cc2c(cc1OCc1ccccc1Br)OCCO2. The number of hydrogen-bond donors (Lipinski definition) is 1. The highest BCUT2D eigenvalue weighted by atomic mass is 79.9. The fourth-order valence-corrected chi connectivity index (χ4v) is 2.38. The fourth-order valence-electron chi connectivity index (χ4n) is 1.98. The molecule has 4 nitrogen and oxygen atoms in total. The van der Waals surface area contributed by atoms with Gasteiger partial charge in [0.2, 0.25) is 0 Å². The molecule has 5 heteroatoms. The van der Waals surface area contributed by atoms with Gasteiger partial charge in [0.05, 0.1) is 5.69 Å². The third-order valence-electron chi connectivity index (χ3n) is 3.02. The molecular weight excluding hydrogens is 322 g/mol. The molecule has 0 spiro atoms. The van der Waals surface area contributed by atoms with Crippen molar-refractivity contribution in [3.63, 3.8) is 0 Å². The molecular formula is C15H14BrNO3. The van der Waals surface area contributed by atoms with Gasteiger partial charge in [-0.3, -0.25) is 0 Å². The summed E-state index contributed by atoms with van der Waals surface area (Å²) in [5.74, 6) is 1.94. The standard InChI is InChI=1S/C15H14BrNO3/c16-11-4-2-1-3-10(11)9-20-13-8-15-14(7-12(13)17)18-5-6-19-15/h1-4,7-8H,5-6,9,17H2. The van der Waals surface area contributed by atoms with Crippen molar-refractivity contribution in [2.24, 2.45) is 0 Å². The van der Waals surface area contributed by atoms with Crippen molar-refractivity contribution in [3.05, 3.63) is 46.4 Å². The molecule has 20 heavy (non-hydrogen) atoms. The number of nitrogen functional groups attached to an aromatic ring is 1. The van der Waals surface area contributed by atoms with Gasteiger partial charge < -0.3 is 19.9 Å². The van der Waals surface area contributed by atoms with Gasteiger partial charge in [0.15, 0.2) is 11.5 Å². The maximum absolute atomic E-state index is 5.97. The van der Waals surface area contributed by atoms with Gasteiger partial charge in [0.25, 0.3) is 0 Å². The molecule has 0 unspecified atom stereocenters. The van der Waals surface area contributed by atoms with Crippen LogP contribution in [-0.4, -0.2) is 13.2 Å². The van der Waals surface area contributed by atoms with E-state index in [1.54, 1.807) is 12.1 Å². The monoisotopic (exact) mass is 335 g/mol. The number of fused-ring (bicyclic) bond motifs is 1. The maximum Gasteiger partial charge on any atom is 0.165 e. The van der Waals surface area contributed by atoms with Gasteiger partial charge in [-0.25, -0.2) is 0 Å². The molecule has 2 aromatic rings. The summed E-state index contributed by atoms with van der Waals surface area (Å²) >= 11 is 3.49. The van der Waals surface area contributed by atoms with Crippen molar-refractivity contribution < 1.29 is 14.2 Å². The normalized spacial score (nSPS) is 13.1. The lowest BCUT2D eigenvalue weighted by atomic mass is 10.2. The zero-order valence-corrected chi connectivity index (χ0v) is 12.4. The van der Waals surface area contributed by atoms with Crippen LogP contribution in [-0.2, 0) is 6.61 Å². The highest BCUT2D eigenvalue weighted by Gasteiger charge is 2.15. The van der Waals surface area contributed by atoms with E-state index in [1.165, 1.54) is 0 Å².